The van der Waals surface area contributed by atoms with Crippen LogP contribution in [0.4, 0.5) is 0 Å². The fourth-order valence-corrected chi connectivity index (χ4v) is 1.92. The van der Waals surface area contributed by atoms with Crippen molar-refractivity contribution in [1.29, 1.82) is 0 Å². The SMILES string of the molecule is CC(C)CC(O)CNC(=O)c1ccc2n[nH]nc2c1. The zero-order valence-corrected chi connectivity index (χ0v) is 11.1. The Morgan fingerprint density at radius 3 is 2.84 bits per heavy atom. The molecule has 0 saturated heterocycles. The van der Waals surface area contributed by atoms with E-state index in [9.17, 15) is 9.90 Å². The number of aliphatic hydroxyl groups excluding tert-OH is 1. The molecular formula is C13H18N4O2. The third-order valence-electron chi connectivity index (χ3n) is 2.82. The molecule has 0 saturated carbocycles. The van der Waals surface area contributed by atoms with E-state index < -0.39 is 6.10 Å². The van der Waals surface area contributed by atoms with Gasteiger partial charge in [0.2, 0.25) is 0 Å². The van der Waals surface area contributed by atoms with Gasteiger partial charge in [0.15, 0.2) is 0 Å². The van der Waals surface area contributed by atoms with Crippen LogP contribution in [0.2, 0.25) is 0 Å². The van der Waals surface area contributed by atoms with E-state index in [1.165, 1.54) is 0 Å². The summed E-state index contributed by atoms with van der Waals surface area (Å²) >= 11 is 0. The highest BCUT2D eigenvalue weighted by atomic mass is 16.3. The van der Waals surface area contributed by atoms with Gasteiger partial charge < -0.3 is 10.4 Å². The van der Waals surface area contributed by atoms with E-state index in [2.05, 4.69) is 20.7 Å². The molecule has 1 atom stereocenters. The number of carbonyl (C=O) groups is 1. The molecule has 0 radical (unpaired) electrons. The van der Waals surface area contributed by atoms with Gasteiger partial charge in [-0.1, -0.05) is 13.8 Å². The molecule has 0 aliphatic carbocycles. The Hall–Kier alpha value is -1.95. The van der Waals surface area contributed by atoms with Crippen molar-refractivity contribution >= 4 is 16.9 Å². The third kappa shape index (κ3) is 3.51. The van der Waals surface area contributed by atoms with Gasteiger partial charge in [-0.05, 0) is 30.5 Å². The van der Waals surface area contributed by atoms with Crippen molar-refractivity contribution in [1.82, 2.24) is 20.7 Å². The minimum absolute atomic E-state index is 0.215. The van der Waals surface area contributed by atoms with Crippen LogP contribution in [0.3, 0.4) is 0 Å². The largest absolute Gasteiger partial charge is 0.391 e. The van der Waals surface area contributed by atoms with Crippen LogP contribution in [-0.4, -0.2) is 39.1 Å². The molecule has 0 spiro atoms. The Labute approximate surface area is 111 Å². The van der Waals surface area contributed by atoms with Gasteiger partial charge in [0, 0.05) is 12.1 Å². The number of nitrogens with zero attached hydrogens (tertiary/aromatic N) is 2. The lowest BCUT2D eigenvalue weighted by molar-refractivity contribution is 0.0900. The topological polar surface area (TPSA) is 90.9 Å². The summed E-state index contributed by atoms with van der Waals surface area (Å²) in [6, 6.07) is 5.09. The molecule has 102 valence electrons. The predicted molar refractivity (Wildman–Crippen MR) is 71.7 cm³/mol. The van der Waals surface area contributed by atoms with E-state index in [0.29, 0.717) is 23.4 Å². The highest BCUT2D eigenvalue weighted by Gasteiger charge is 2.11. The maximum Gasteiger partial charge on any atom is 0.251 e. The Morgan fingerprint density at radius 2 is 2.11 bits per heavy atom. The van der Waals surface area contributed by atoms with Crippen molar-refractivity contribution in [2.75, 3.05) is 6.54 Å². The molecule has 6 nitrogen and oxygen atoms in total. The van der Waals surface area contributed by atoms with E-state index in [1.54, 1.807) is 18.2 Å². The van der Waals surface area contributed by atoms with E-state index in [1.807, 2.05) is 13.8 Å². The van der Waals surface area contributed by atoms with Crippen LogP contribution < -0.4 is 5.32 Å². The van der Waals surface area contributed by atoms with Crippen LogP contribution >= 0.6 is 0 Å². The average molecular weight is 262 g/mol. The lowest BCUT2D eigenvalue weighted by Crippen LogP contribution is -2.32. The highest BCUT2D eigenvalue weighted by molar-refractivity contribution is 5.97. The smallest absolute Gasteiger partial charge is 0.251 e. The molecule has 2 rings (SSSR count). The summed E-state index contributed by atoms with van der Waals surface area (Å²) in [5, 5.41) is 22.8. The van der Waals surface area contributed by atoms with Crippen molar-refractivity contribution < 1.29 is 9.90 Å². The van der Waals surface area contributed by atoms with Crippen LogP contribution in [0.1, 0.15) is 30.6 Å². The number of hydrogen-bond donors (Lipinski definition) is 3. The lowest BCUT2D eigenvalue weighted by atomic mass is 10.1. The number of H-pyrrole nitrogens is 1. The molecule has 1 amide bonds. The van der Waals surface area contributed by atoms with Gasteiger partial charge in [-0.15, -0.1) is 0 Å². The van der Waals surface area contributed by atoms with Crippen molar-refractivity contribution in [2.45, 2.75) is 26.4 Å². The average Bonchev–Trinajstić information content (AvgIpc) is 2.82. The zero-order valence-electron chi connectivity index (χ0n) is 11.1. The molecule has 1 aromatic carbocycles. The van der Waals surface area contributed by atoms with Crippen molar-refractivity contribution in [3.8, 4) is 0 Å². The monoisotopic (exact) mass is 262 g/mol. The van der Waals surface area contributed by atoms with Crippen LogP contribution in [-0.2, 0) is 0 Å². The van der Waals surface area contributed by atoms with Crippen LogP contribution in [0.5, 0.6) is 0 Å². The van der Waals surface area contributed by atoms with Gasteiger partial charge in [0.05, 0.1) is 6.10 Å². The summed E-state index contributed by atoms with van der Waals surface area (Å²) in [5.74, 6) is 0.186. The van der Waals surface area contributed by atoms with Crippen LogP contribution in [0, 0.1) is 5.92 Å². The summed E-state index contributed by atoms with van der Waals surface area (Å²) in [4.78, 5) is 11.9. The van der Waals surface area contributed by atoms with Crippen molar-refractivity contribution in [2.24, 2.45) is 5.92 Å². The first-order valence-corrected chi connectivity index (χ1v) is 6.33. The molecule has 0 aliphatic heterocycles. The Morgan fingerprint density at radius 1 is 1.37 bits per heavy atom. The number of rotatable bonds is 5. The number of nitrogens with one attached hydrogen (secondary N) is 2. The van der Waals surface area contributed by atoms with Gasteiger partial charge in [-0.25, -0.2) is 0 Å². The Kier molecular flexibility index (Phi) is 4.11. The molecule has 6 heteroatoms. The maximum absolute atomic E-state index is 11.9. The van der Waals surface area contributed by atoms with Gasteiger partial charge in [-0.2, -0.15) is 15.4 Å². The molecule has 1 aromatic heterocycles. The van der Waals surface area contributed by atoms with Crippen LogP contribution in [0.15, 0.2) is 18.2 Å². The van der Waals surface area contributed by atoms with Crippen molar-refractivity contribution in [3.05, 3.63) is 23.8 Å². The number of fused-ring (bicyclic) bond motifs is 1. The second-order valence-corrected chi connectivity index (χ2v) is 5.02. The first-order chi connectivity index (χ1) is 9.06. The second kappa shape index (κ2) is 5.79. The van der Waals surface area contributed by atoms with E-state index in [0.717, 1.165) is 5.52 Å². The number of aromatic nitrogens is 3. The zero-order chi connectivity index (χ0) is 13.8. The summed E-state index contributed by atoms with van der Waals surface area (Å²) in [7, 11) is 0. The standard InChI is InChI=1S/C13H18N4O2/c1-8(2)5-10(18)7-14-13(19)9-3-4-11-12(6-9)16-17-15-11/h3-4,6,8,10,18H,5,7H2,1-2H3,(H,14,19)(H,15,16,17). The van der Waals surface area contributed by atoms with Gasteiger partial charge in [0.1, 0.15) is 11.0 Å². The van der Waals surface area contributed by atoms with Crippen molar-refractivity contribution in [3.63, 3.8) is 0 Å². The van der Waals surface area contributed by atoms with Gasteiger partial charge in [-0.3, -0.25) is 4.79 Å². The van der Waals surface area contributed by atoms with E-state index in [-0.39, 0.29) is 12.5 Å². The van der Waals surface area contributed by atoms with Gasteiger partial charge >= 0.3 is 0 Å². The lowest BCUT2D eigenvalue weighted by Gasteiger charge is -2.13. The number of aromatic amines is 1. The number of amides is 1. The third-order valence-corrected chi connectivity index (χ3v) is 2.82. The molecule has 0 bridgehead atoms. The van der Waals surface area contributed by atoms with Gasteiger partial charge in [0.25, 0.3) is 5.91 Å². The van der Waals surface area contributed by atoms with Crippen LogP contribution in [0.25, 0.3) is 11.0 Å². The molecular weight excluding hydrogens is 244 g/mol. The highest BCUT2D eigenvalue weighted by Crippen LogP contribution is 2.10. The minimum atomic E-state index is -0.514. The molecule has 2 aromatic rings. The molecule has 1 heterocycles. The molecule has 0 aliphatic rings. The quantitative estimate of drug-likeness (QED) is 0.752. The summed E-state index contributed by atoms with van der Waals surface area (Å²) in [5.41, 5.74) is 1.88. The minimum Gasteiger partial charge on any atom is -0.391 e. The summed E-state index contributed by atoms with van der Waals surface area (Å²) in [6.07, 6.45) is 0.155. The van der Waals surface area contributed by atoms with E-state index in [4.69, 9.17) is 0 Å². The molecule has 1 unspecified atom stereocenters. The number of aliphatic hydroxyl groups is 1. The normalized spacial score (nSPS) is 12.8. The fraction of sp³-hybridized carbons (Fsp3) is 0.462. The molecule has 0 fully saturated rings. The predicted octanol–water partition coefficient (Wildman–Crippen LogP) is 1.09. The number of benzene rings is 1. The maximum atomic E-state index is 11.9. The first-order valence-electron chi connectivity index (χ1n) is 6.33. The Bertz CT molecular complexity index is 565. The number of hydrogen-bond acceptors (Lipinski definition) is 4. The summed E-state index contributed by atoms with van der Waals surface area (Å²) < 4.78 is 0. The fourth-order valence-electron chi connectivity index (χ4n) is 1.92. The first kappa shape index (κ1) is 13.5. The molecule has 19 heavy (non-hydrogen) atoms. The Balaban J connectivity index is 1.95. The second-order valence-electron chi connectivity index (χ2n) is 5.02. The van der Waals surface area contributed by atoms with E-state index >= 15 is 0 Å². The summed E-state index contributed by atoms with van der Waals surface area (Å²) in [6.45, 7) is 4.32. The number of carbonyl (C=O) groups excluding carboxylic acids is 1. The molecule has 3 N–H and O–H groups in total.